The number of nitrogens with one attached hydrogen (secondary N) is 1. The third-order valence-electron chi connectivity index (χ3n) is 3.65. The number of thioether (sulfide) groups is 1. The zero-order valence-corrected chi connectivity index (χ0v) is 15.9. The predicted octanol–water partition coefficient (Wildman–Crippen LogP) is 6.27. The van der Waals surface area contributed by atoms with Crippen LogP contribution in [0.3, 0.4) is 0 Å². The normalized spacial score (nSPS) is 12.5. The summed E-state index contributed by atoms with van der Waals surface area (Å²) < 4.78 is 1.17. The van der Waals surface area contributed by atoms with Crippen LogP contribution in [0.4, 0.5) is 0 Å². The van der Waals surface area contributed by atoms with Gasteiger partial charge in [-0.25, -0.2) is 0 Å². The molecular weight excluding hydrogens is 342 g/mol. The first-order valence-corrected chi connectivity index (χ1v) is 10.2. The first kappa shape index (κ1) is 19.1. The van der Waals surface area contributed by atoms with E-state index >= 15 is 0 Å². The number of rotatable bonds is 12. The van der Waals surface area contributed by atoms with Gasteiger partial charge < -0.3 is 5.32 Å². The topological polar surface area (TPSA) is 12.0 Å². The summed E-state index contributed by atoms with van der Waals surface area (Å²) in [6, 6.07) is 9.25. The van der Waals surface area contributed by atoms with E-state index in [9.17, 15) is 0 Å². The molecule has 0 aliphatic carbocycles. The van der Waals surface area contributed by atoms with Crippen LogP contribution in [0, 0.1) is 0 Å². The van der Waals surface area contributed by atoms with Gasteiger partial charge in [-0.15, -0.1) is 11.8 Å². The predicted molar refractivity (Wildman–Crippen MR) is 100 cm³/mol. The molecule has 120 valence electrons. The quantitative estimate of drug-likeness (QED) is 0.343. The van der Waals surface area contributed by atoms with E-state index in [1.54, 1.807) is 0 Å². The molecule has 0 saturated heterocycles. The van der Waals surface area contributed by atoms with Crippen molar-refractivity contribution in [3.8, 4) is 0 Å². The van der Waals surface area contributed by atoms with E-state index in [2.05, 4.69) is 59.4 Å². The highest BCUT2D eigenvalue weighted by Crippen LogP contribution is 2.23. The molecule has 0 aliphatic rings. The van der Waals surface area contributed by atoms with Crippen LogP contribution in [0.25, 0.3) is 0 Å². The molecule has 1 atom stereocenters. The molecule has 1 unspecified atom stereocenters. The van der Waals surface area contributed by atoms with Crippen LogP contribution in [0.1, 0.15) is 58.8 Å². The fourth-order valence-electron chi connectivity index (χ4n) is 2.46. The number of hydrogen-bond donors (Lipinski definition) is 1. The molecule has 3 heteroatoms. The maximum atomic E-state index is 3.64. The fraction of sp³-hybridized carbons (Fsp3) is 0.667. The van der Waals surface area contributed by atoms with Crippen LogP contribution in [0.5, 0.6) is 0 Å². The molecule has 0 saturated carbocycles. The van der Waals surface area contributed by atoms with Crippen LogP contribution < -0.4 is 5.32 Å². The monoisotopic (exact) mass is 371 g/mol. The molecule has 0 fully saturated rings. The largest absolute Gasteiger partial charge is 0.313 e. The van der Waals surface area contributed by atoms with Crippen molar-refractivity contribution in [3.63, 3.8) is 0 Å². The summed E-state index contributed by atoms with van der Waals surface area (Å²) in [6.07, 6.45) is 9.62. The van der Waals surface area contributed by atoms with E-state index in [4.69, 9.17) is 0 Å². The summed E-state index contributed by atoms with van der Waals surface area (Å²) in [7, 11) is 0. The Hall–Kier alpha value is 0.01000. The van der Waals surface area contributed by atoms with Gasteiger partial charge in [0.05, 0.1) is 0 Å². The number of halogens is 1. The fourth-order valence-corrected chi connectivity index (χ4v) is 4.07. The number of benzene rings is 1. The molecule has 0 bridgehead atoms. The van der Waals surface area contributed by atoms with Crippen molar-refractivity contribution in [3.05, 3.63) is 28.7 Å². The molecular formula is C18H30BrNS. The molecule has 0 amide bonds. The second kappa shape index (κ2) is 12.5. The smallest absolute Gasteiger partial charge is 0.0186 e. The Kier molecular flexibility index (Phi) is 11.4. The lowest BCUT2D eigenvalue weighted by molar-refractivity contribution is 0.494. The molecule has 0 heterocycles. The van der Waals surface area contributed by atoms with Gasteiger partial charge in [0.15, 0.2) is 0 Å². The summed E-state index contributed by atoms with van der Waals surface area (Å²) in [5, 5.41) is 3.64. The Labute approximate surface area is 143 Å². The zero-order valence-electron chi connectivity index (χ0n) is 13.5. The molecule has 21 heavy (non-hydrogen) atoms. The second-order valence-corrected chi connectivity index (χ2v) is 7.59. The van der Waals surface area contributed by atoms with Crippen LogP contribution >= 0.6 is 27.7 Å². The summed E-state index contributed by atoms with van der Waals surface area (Å²) in [5.41, 5.74) is 0. The summed E-state index contributed by atoms with van der Waals surface area (Å²) in [4.78, 5) is 1.36. The van der Waals surface area contributed by atoms with Gasteiger partial charge in [-0.3, -0.25) is 0 Å². The Bertz CT molecular complexity index is 370. The Morgan fingerprint density at radius 1 is 1.10 bits per heavy atom. The van der Waals surface area contributed by atoms with Crippen molar-refractivity contribution < 1.29 is 0 Å². The van der Waals surface area contributed by atoms with Gasteiger partial charge in [-0.05, 0) is 31.2 Å². The van der Waals surface area contributed by atoms with E-state index in [1.807, 2.05) is 11.8 Å². The van der Waals surface area contributed by atoms with E-state index < -0.39 is 0 Å². The van der Waals surface area contributed by atoms with Crippen LogP contribution in [0.2, 0.25) is 0 Å². The molecule has 1 rings (SSSR count). The highest BCUT2D eigenvalue weighted by Gasteiger charge is 2.08. The zero-order chi connectivity index (χ0) is 15.3. The first-order valence-electron chi connectivity index (χ1n) is 8.38. The average molecular weight is 372 g/mol. The lowest BCUT2D eigenvalue weighted by Crippen LogP contribution is -2.31. The van der Waals surface area contributed by atoms with Gasteiger partial charge in [-0.1, -0.05) is 74.4 Å². The average Bonchev–Trinajstić information content (AvgIpc) is 2.48. The van der Waals surface area contributed by atoms with Crippen LogP contribution in [-0.2, 0) is 0 Å². The van der Waals surface area contributed by atoms with Gasteiger partial charge in [0, 0.05) is 21.2 Å². The minimum absolute atomic E-state index is 0.644. The molecule has 0 radical (unpaired) electrons. The minimum Gasteiger partial charge on any atom is -0.313 e. The highest BCUT2D eigenvalue weighted by molar-refractivity contribution is 9.10. The highest BCUT2D eigenvalue weighted by atomic mass is 79.9. The number of hydrogen-bond acceptors (Lipinski definition) is 2. The molecule has 1 N–H and O–H groups in total. The summed E-state index contributed by atoms with van der Waals surface area (Å²) in [6.45, 7) is 5.55. The van der Waals surface area contributed by atoms with Crippen molar-refractivity contribution in [2.45, 2.75) is 69.7 Å². The van der Waals surface area contributed by atoms with Gasteiger partial charge in [0.1, 0.15) is 0 Å². The Morgan fingerprint density at radius 3 is 2.57 bits per heavy atom. The van der Waals surface area contributed by atoms with Crippen molar-refractivity contribution >= 4 is 27.7 Å². The van der Waals surface area contributed by atoms with Crippen molar-refractivity contribution in [1.29, 1.82) is 0 Å². The maximum Gasteiger partial charge on any atom is 0.0186 e. The third-order valence-corrected chi connectivity index (χ3v) is 5.30. The SMILES string of the molecule is CCCCCCCCC(CSc1cccc(Br)c1)NCC. The first-order chi connectivity index (χ1) is 10.3. The molecule has 0 aliphatic heterocycles. The van der Waals surface area contributed by atoms with Crippen molar-refractivity contribution in [1.82, 2.24) is 5.32 Å². The van der Waals surface area contributed by atoms with E-state index in [0.717, 1.165) is 6.54 Å². The van der Waals surface area contributed by atoms with Gasteiger partial charge in [-0.2, -0.15) is 0 Å². The van der Waals surface area contributed by atoms with E-state index in [1.165, 1.54) is 60.1 Å². The standard InChI is InChI=1S/C18H30BrNS/c1-3-5-6-7-8-9-12-17(20-4-2)15-21-18-13-10-11-16(19)14-18/h10-11,13-14,17,20H,3-9,12,15H2,1-2H3. The lowest BCUT2D eigenvalue weighted by atomic mass is 10.1. The third kappa shape index (κ3) is 9.59. The summed E-state index contributed by atoms with van der Waals surface area (Å²) in [5.74, 6) is 1.17. The maximum absolute atomic E-state index is 3.64. The molecule has 1 aromatic carbocycles. The molecule has 0 aromatic heterocycles. The lowest BCUT2D eigenvalue weighted by Gasteiger charge is -2.17. The molecule has 1 nitrogen and oxygen atoms in total. The van der Waals surface area contributed by atoms with Crippen molar-refractivity contribution in [2.24, 2.45) is 0 Å². The Morgan fingerprint density at radius 2 is 1.86 bits per heavy atom. The second-order valence-electron chi connectivity index (χ2n) is 5.58. The van der Waals surface area contributed by atoms with Crippen LogP contribution in [-0.4, -0.2) is 18.3 Å². The van der Waals surface area contributed by atoms with Gasteiger partial charge in [0.25, 0.3) is 0 Å². The Balaban J connectivity index is 2.22. The minimum atomic E-state index is 0.644. The molecule has 0 spiro atoms. The van der Waals surface area contributed by atoms with Crippen LogP contribution in [0.15, 0.2) is 33.6 Å². The van der Waals surface area contributed by atoms with Gasteiger partial charge in [0.2, 0.25) is 0 Å². The van der Waals surface area contributed by atoms with E-state index in [0.29, 0.717) is 6.04 Å². The van der Waals surface area contributed by atoms with Gasteiger partial charge >= 0.3 is 0 Å². The summed E-state index contributed by atoms with van der Waals surface area (Å²) >= 11 is 5.50. The van der Waals surface area contributed by atoms with E-state index in [-0.39, 0.29) is 0 Å². The molecule has 1 aromatic rings. The van der Waals surface area contributed by atoms with Crippen molar-refractivity contribution in [2.75, 3.05) is 12.3 Å². The number of unbranched alkanes of at least 4 members (excludes halogenated alkanes) is 5.